The molecule has 4 rings (SSSR count). The van der Waals surface area contributed by atoms with Gasteiger partial charge in [-0.3, -0.25) is 4.79 Å². The molecular weight excluding hydrogens is 408 g/mol. The van der Waals surface area contributed by atoms with Crippen LogP contribution < -0.4 is 5.32 Å². The quantitative estimate of drug-likeness (QED) is 0.411. The molecule has 0 atom stereocenters. The molecule has 1 amide bonds. The fourth-order valence-corrected chi connectivity index (χ4v) is 3.43. The molecule has 1 heterocycles. The fourth-order valence-electron chi connectivity index (χ4n) is 2.70. The van der Waals surface area contributed by atoms with Gasteiger partial charge in [-0.1, -0.05) is 24.3 Å². The summed E-state index contributed by atoms with van der Waals surface area (Å²) in [5.41, 5.74) is 0.672. The summed E-state index contributed by atoms with van der Waals surface area (Å²) < 4.78 is 33.1. The SMILES string of the molecule is O=C(Nc1ccc(SCc2nnc(-c3ccccc3)o2)cc1)c1c(F)cccc1F. The first kappa shape index (κ1) is 19.8. The Morgan fingerprint density at radius 1 is 0.900 bits per heavy atom. The molecule has 0 saturated carbocycles. The zero-order valence-corrected chi connectivity index (χ0v) is 16.3. The number of anilines is 1. The summed E-state index contributed by atoms with van der Waals surface area (Å²) in [5, 5.41) is 10.6. The molecule has 5 nitrogen and oxygen atoms in total. The van der Waals surface area contributed by atoms with Crippen molar-refractivity contribution < 1.29 is 18.0 Å². The Balaban J connectivity index is 1.36. The van der Waals surface area contributed by atoms with Gasteiger partial charge in [-0.25, -0.2) is 8.78 Å². The lowest BCUT2D eigenvalue weighted by Gasteiger charge is -2.08. The summed E-state index contributed by atoms with van der Waals surface area (Å²) in [4.78, 5) is 13.1. The van der Waals surface area contributed by atoms with Crippen LogP contribution >= 0.6 is 11.8 Å². The van der Waals surface area contributed by atoms with E-state index in [1.807, 2.05) is 30.3 Å². The first-order valence-electron chi connectivity index (χ1n) is 8.96. The third-order valence-electron chi connectivity index (χ3n) is 4.15. The molecule has 1 aromatic heterocycles. The number of amides is 1. The van der Waals surface area contributed by atoms with Crippen LogP contribution in [-0.4, -0.2) is 16.1 Å². The second-order valence-electron chi connectivity index (χ2n) is 6.23. The Morgan fingerprint density at radius 2 is 1.60 bits per heavy atom. The number of carbonyl (C=O) groups is 1. The normalized spacial score (nSPS) is 10.7. The van der Waals surface area contributed by atoms with Crippen LogP contribution in [0.4, 0.5) is 14.5 Å². The maximum Gasteiger partial charge on any atom is 0.261 e. The Kier molecular flexibility index (Phi) is 5.85. The predicted octanol–water partition coefficient (Wildman–Crippen LogP) is 5.56. The van der Waals surface area contributed by atoms with Crippen molar-refractivity contribution >= 4 is 23.4 Å². The highest BCUT2D eigenvalue weighted by molar-refractivity contribution is 7.98. The number of benzene rings is 3. The van der Waals surface area contributed by atoms with Crippen LogP contribution in [-0.2, 0) is 5.75 Å². The highest BCUT2D eigenvalue weighted by atomic mass is 32.2. The molecule has 0 aliphatic rings. The van der Waals surface area contributed by atoms with E-state index < -0.39 is 23.1 Å². The van der Waals surface area contributed by atoms with E-state index >= 15 is 0 Å². The van der Waals surface area contributed by atoms with Crippen molar-refractivity contribution in [1.82, 2.24) is 10.2 Å². The molecule has 0 aliphatic heterocycles. The van der Waals surface area contributed by atoms with Crippen molar-refractivity contribution in [2.75, 3.05) is 5.32 Å². The lowest BCUT2D eigenvalue weighted by atomic mass is 10.2. The summed E-state index contributed by atoms with van der Waals surface area (Å²) in [6.07, 6.45) is 0. The number of nitrogens with one attached hydrogen (secondary N) is 1. The van der Waals surface area contributed by atoms with Gasteiger partial charge in [-0.05, 0) is 48.5 Å². The molecule has 4 aromatic rings. The number of nitrogens with zero attached hydrogens (tertiary/aromatic N) is 2. The minimum absolute atomic E-state index is 0.427. The van der Waals surface area contributed by atoms with Crippen molar-refractivity contribution in [2.45, 2.75) is 10.6 Å². The van der Waals surface area contributed by atoms with Crippen LogP contribution in [0.5, 0.6) is 0 Å². The van der Waals surface area contributed by atoms with Gasteiger partial charge < -0.3 is 9.73 Å². The van der Waals surface area contributed by atoms with Crippen LogP contribution in [0.25, 0.3) is 11.5 Å². The number of hydrogen-bond acceptors (Lipinski definition) is 5. The predicted molar refractivity (Wildman–Crippen MR) is 110 cm³/mol. The monoisotopic (exact) mass is 423 g/mol. The second-order valence-corrected chi connectivity index (χ2v) is 7.28. The van der Waals surface area contributed by atoms with Gasteiger partial charge >= 0.3 is 0 Å². The van der Waals surface area contributed by atoms with Crippen LogP contribution in [0.1, 0.15) is 16.2 Å². The number of thioether (sulfide) groups is 1. The highest BCUT2D eigenvalue weighted by Crippen LogP contribution is 2.26. The summed E-state index contributed by atoms with van der Waals surface area (Å²) in [5.74, 6) is -1.23. The smallest absolute Gasteiger partial charge is 0.261 e. The van der Waals surface area contributed by atoms with Crippen molar-refractivity contribution in [3.05, 3.63) is 95.9 Å². The summed E-state index contributed by atoms with van der Waals surface area (Å²) in [6.45, 7) is 0. The van der Waals surface area contributed by atoms with E-state index in [1.54, 1.807) is 24.3 Å². The second kappa shape index (κ2) is 8.87. The molecule has 0 unspecified atom stereocenters. The van der Waals surface area contributed by atoms with Crippen LogP contribution in [0.15, 0.2) is 82.1 Å². The molecule has 150 valence electrons. The number of hydrogen-bond donors (Lipinski definition) is 1. The minimum Gasteiger partial charge on any atom is -0.420 e. The molecule has 30 heavy (non-hydrogen) atoms. The number of rotatable bonds is 6. The van der Waals surface area contributed by atoms with Gasteiger partial charge in [0.05, 0.1) is 5.75 Å². The maximum atomic E-state index is 13.7. The molecule has 0 fully saturated rings. The Morgan fingerprint density at radius 3 is 2.30 bits per heavy atom. The maximum absolute atomic E-state index is 13.7. The van der Waals surface area contributed by atoms with Crippen molar-refractivity contribution in [3.8, 4) is 11.5 Å². The van der Waals surface area contributed by atoms with E-state index in [0.29, 0.717) is 23.2 Å². The van der Waals surface area contributed by atoms with Crippen LogP contribution in [0, 0.1) is 11.6 Å². The van der Waals surface area contributed by atoms with Gasteiger partial charge in [0.15, 0.2) is 0 Å². The Bertz CT molecular complexity index is 1140. The number of carbonyl (C=O) groups excluding carboxylic acids is 1. The first-order valence-corrected chi connectivity index (χ1v) is 9.95. The summed E-state index contributed by atoms with van der Waals surface area (Å²) in [7, 11) is 0. The third-order valence-corrected chi connectivity index (χ3v) is 5.15. The molecule has 1 N–H and O–H groups in total. The average Bonchev–Trinajstić information content (AvgIpc) is 3.23. The van der Waals surface area contributed by atoms with Gasteiger partial charge in [-0.15, -0.1) is 22.0 Å². The Hall–Kier alpha value is -3.52. The number of halogens is 2. The van der Waals surface area contributed by atoms with Crippen LogP contribution in [0.2, 0.25) is 0 Å². The van der Waals surface area contributed by atoms with Gasteiger partial charge in [0.1, 0.15) is 17.2 Å². The molecular formula is C22H15F2N3O2S. The van der Waals surface area contributed by atoms with Gasteiger partial charge in [-0.2, -0.15) is 0 Å². The first-order chi connectivity index (χ1) is 14.6. The van der Waals surface area contributed by atoms with E-state index in [-0.39, 0.29) is 0 Å². The van der Waals surface area contributed by atoms with Crippen molar-refractivity contribution in [3.63, 3.8) is 0 Å². The topological polar surface area (TPSA) is 68.0 Å². The van der Waals surface area contributed by atoms with Gasteiger partial charge in [0.25, 0.3) is 5.91 Å². The number of aromatic nitrogens is 2. The standard InChI is InChI=1S/C22H15F2N3O2S/c23-17-7-4-8-18(24)20(17)21(28)25-15-9-11-16(12-10-15)30-13-19-26-27-22(29-19)14-5-2-1-3-6-14/h1-12H,13H2,(H,25,28). The lowest BCUT2D eigenvalue weighted by Crippen LogP contribution is -2.15. The van der Waals surface area contributed by atoms with E-state index in [4.69, 9.17) is 4.42 Å². The largest absolute Gasteiger partial charge is 0.420 e. The van der Waals surface area contributed by atoms with E-state index in [9.17, 15) is 13.6 Å². The zero-order chi connectivity index (χ0) is 20.9. The molecule has 0 aliphatic carbocycles. The van der Waals surface area contributed by atoms with Crippen molar-refractivity contribution in [2.24, 2.45) is 0 Å². The average molecular weight is 423 g/mol. The highest BCUT2D eigenvalue weighted by Gasteiger charge is 2.17. The molecule has 3 aromatic carbocycles. The van der Waals surface area contributed by atoms with Crippen molar-refractivity contribution in [1.29, 1.82) is 0 Å². The molecule has 8 heteroatoms. The third kappa shape index (κ3) is 4.55. The van der Waals surface area contributed by atoms with E-state index in [0.717, 1.165) is 22.6 Å². The molecule has 0 saturated heterocycles. The van der Waals surface area contributed by atoms with Gasteiger partial charge in [0, 0.05) is 16.1 Å². The van der Waals surface area contributed by atoms with E-state index in [2.05, 4.69) is 15.5 Å². The Labute approximate surface area is 175 Å². The van der Waals surface area contributed by atoms with E-state index in [1.165, 1.54) is 17.8 Å². The molecule has 0 radical (unpaired) electrons. The van der Waals surface area contributed by atoms with Gasteiger partial charge in [0.2, 0.25) is 11.8 Å². The lowest BCUT2D eigenvalue weighted by molar-refractivity contribution is 0.101. The minimum atomic E-state index is -0.908. The molecule has 0 spiro atoms. The summed E-state index contributed by atoms with van der Waals surface area (Å²) >= 11 is 1.48. The summed E-state index contributed by atoms with van der Waals surface area (Å²) in [6, 6.07) is 19.7. The zero-order valence-electron chi connectivity index (χ0n) is 15.5. The fraction of sp³-hybridized carbons (Fsp3) is 0.0455. The van der Waals surface area contributed by atoms with Crippen LogP contribution in [0.3, 0.4) is 0 Å². The molecule has 0 bridgehead atoms.